The van der Waals surface area contributed by atoms with Gasteiger partial charge in [0.15, 0.2) is 0 Å². The third-order valence-electron chi connectivity index (χ3n) is 2.40. The normalized spacial score (nSPS) is 11.6. The molecule has 0 saturated heterocycles. The molecule has 0 unspecified atom stereocenters. The number of H-pyrrole nitrogens is 1. The largest absolute Gasteiger partial charge is 0.396 e. The molecule has 7 nitrogen and oxygen atoms in total. The van der Waals surface area contributed by atoms with Gasteiger partial charge in [0.2, 0.25) is 11.1 Å². The monoisotopic (exact) mass is 327 g/mol. The number of thiazole rings is 1. The lowest BCUT2D eigenvalue weighted by molar-refractivity contribution is 0.102. The maximum atomic E-state index is 12.1. The molecule has 21 heavy (non-hydrogen) atoms. The van der Waals surface area contributed by atoms with Crippen LogP contribution in [0, 0.1) is 0 Å². The highest BCUT2D eigenvalue weighted by molar-refractivity contribution is 7.99. The molecule has 2 aromatic heterocycles. The summed E-state index contributed by atoms with van der Waals surface area (Å²) in [6.45, 7) is 6.20. The van der Waals surface area contributed by atoms with Crippen LogP contribution in [0.1, 0.15) is 36.3 Å². The van der Waals surface area contributed by atoms with Gasteiger partial charge in [-0.1, -0.05) is 32.5 Å². The van der Waals surface area contributed by atoms with Crippen molar-refractivity contribution < 1.29 is 9.90 Å². The summed E-state index contributed by atoms with van der Waals surface area (Å²) in [5.41, 5.74) is 0.287. The number of carbonyl (C=O) groups excluding carboxylic acids is 1. The van der Waals surface area contributed by atoms with Gasteiger partial charge in [-0.05, 0) is 0 Å². The topological polar surface area (TPSA) is 104 Å². The first kappa shape index (κ1) is 15.9. The number of aliphatic hydroxyl groups is 1. The minimum absolute atomic E-state index is 0.0509. The van der Waals surface area contributed by atoms with Gasteiger partial charge in [0.25, 0.3) is 5.91 Å². The Morgan fingerprint density at radius 2 is 2.24 bits per heavy atom. The Labute approximate surface area is 130 Å². The van der Waals surface area contributed by atoms with E-state index in [2.05, 4.69) is 46.3 Å². The smallest absolute Gasteiger partial charge is 0.277 e. The summed E-state index contributed by atoms with van der Waals surface area (Å²) >= 11 is 2.76. The molecule has 0 fully saturated rings. The van der Waals surface area contributed by atoms with Gasteiger partial charge in [-0.3, -0.25) is 10.1 Å². The van der Waals surface area contributed by atoms with Gasteiger partial charge in [-0.15, -0.1) is 16.4 Å². The number of nitrogens with one attached hydrogen (secondary N) is 2. The molecule has 0 atom stereocenters. The first-order valence-electron chi connectivity index (χ1n) is 6.33. The lowest BCUT2D eigenvalue weighted by Gasteiger charge is -2.13. The van der Waals surface area contributed by atoms with E-state index in [0.29, 0.717) is 16.6 Å². The number of carbonyl (C=O) groups is 1. The molecule has 0 bridgehead atoms. The van der Waals surface area contributed by atoms with E-state index in [4.69, 9.17) is 5.11 Å². The molecule has 0 spiro atoms. The Kier molecular flexibility index (Phi) is 4.96. The zero-order valence-electron chi connectivity index (χ0n) is 12.0. The summed E-state index contributed by atoms with van der Waals surface area (Å²) in [5, 5.41) is 21.0. The van der Waals surface area contributed by atoms with Crippen molar-refractivity contribution in [3.63, 3.8) is 0 Å². The Morgan fingerprint density at radius 1 is 1.48 bits per heavy atom. The molecule has 0 saturated carbocycles. The second kappa shape index (κ2) is 6.54. The number of thioether (sulfide) groups is 1. The predicted molar refractivity (Wildman–Crippen MR) is 83.0 cm³/mol. The van der Waals surface area contributed by atoms with Crippen LogP contribution in [0.15, 0.2) is 10.5 Å². The average molecular weight is 327 g/mol. The fraction of sp³-hybridized carbons (Fsp3) is 0.500. The Hall–Kier alpha value is -1.45. The second-order valence-corrected chi connectivity index (χ2v) is 7.20. The van der Waals surface area contributed by atoms with Crippen LogP contribution in [0.4, 0.5) is 5.95 Å². The van der Waals surface area contributed by atoms with Gasteiger partial charge in [0.1, 0.15) is 5.69 Å². The molecule has 0 aliphatic carbocycles. The lowest BCUT2D eigenvalue weighted by atomic mass is 9.98. The van der Waals surface area contributed by atoms with Crippen LogP contribution < -0.4 is 5.32 Å². The van der Waals surface area contributed by atoms with Crippen molar-refractivity contribution >= 4 is 35.0 Å². The van der Waals surface area contributed by atoms with Crippen LogP contribution in [0.3, 0.4) is 0 Å². The third kappa shape index (κ3) is 4.26. The molecule has 2 rings (SSSR count). The zero-order chi connectivity index (χ0) is 15.5. The molecule has 114 valence electrons. The zero-order valence-corrected chi connectivity index (χ0v) is 13.6. The van der Waals surface area contributed by atoms with Crippen molar-refractivity contribution in [3.8, 4) is 0 Å². The van der Waals surface area contributed by atoms with Crippen molar-refractivity contribution in [2.75, 3.05) is 17.7 Å². The summed E-state index contributed by atoms with van der Waals surface area (Å²) in [6, 6.07) is 0. The average Bonchev–Trinajstić information content (AvgIpc) is 3.04. The Morgan fingerprint density at radius 3 is 2.86 bits per heavy atom. The quantitative estimate of drug-likeness (QED) is 0.725. The fourth-order valence-electron chi connectivity index (χ4n) is 1.40. The second-order valence-electron chi connectivity index (χ2n) is 5.28. The van der Waals surface area contributed by atoms with Crippen LogP contribution >= 0.6 is 23.1 Å². The van der Waals surface area contributed by atoms with Crippen LogP contribution in [-0.4, -0.2) is 43.5 Å². The predicted octanol–water partition coefficient (Wildman–Crippen LogP) is 1.90. The molecule has 2 aromatic rings. The number of amides is 1. The molecule has 0 radical (unpaired) electrons. The first-order valence-corrected chi connectivity index (χ1v) is 8.20. The summed E-state index contributed by atoms with van der Waals surface area (Å²) < 4.78 is 0. The molecule has 0 aromatic carbocycles. The van der Waals surface area contributed by atoms with E-state index < -0.39 is 0 Å². The van der Waals surface area contributed by atoms with Gasteiger partial charge >= 0.3 is 0 Å². The lowest BCUT2D eigenvalue weighted by Crippen LogP contribution is -2.15. The van der Waals surface area contributed by atoms with Crippen LogP contribution in [-0.2, 0) is 5.41 Å². The Balaban J connectivity index is 2.01. The number of anilines is 1. The molecule has 0 aliphatic heterocycles. The van der Waals surface area contributed by atoms with Gasteiger partial charge in [0, 0.05) is 16.5 Å². The van der Waals surface area contributed by atoms with Gasteiger partial charge in [-0.2, -0.15) is 4.98 Å². The van der Waals surface area contributed by atoms with Crippen LogP contribution in [0.25, 0.3) is 0 Å². The molecule has 2 heterocycles. The number of rotatable bonds is 5. The molecular formula is C12H17N5O2S2. The molecule has 9 heteroatoms. The van der Waals surface area contributed by atoms with Crippen molar-refractivity contribution in [1.29, 1.82) is 0 Å². The first-order chi connectivity index (χ1) is 9.90. The Bertz CT molecular complexity index is 617. The molecular weight excluding hydrogens is 310 g/mol. The fourth-order valence-corrected chi connectivity index (χ4v) is 2.83. The van der Waals surface area contributed by atoms with E-state index in [-0.39, 0.29) is 23.9 Å². The van der Waals surface area contributed by atoms with Gasteiger partial charge in [-0.25, -0.2) is 10.1 Å². The van der Waals surface area contributed by atoms with Crippen LogP contribution in [0.5, 0.6) is 0 Å². The SMILES string of the molecule is CC(C)(C)c1nc(C(=O)Nc2nc(SCCO)n[nH]2)cs1. The van der Waals surface area contributed by atoms with Crippen molar-refractivity contribution in [2.24, 2.45) is 0 Å². The minimum Gasteiger partial charge on any atom is -0.396 e. The van der Waals surface area contributed by atoms with E-state index in [9.17, 15) is 4.79 Å². The van der Waals surface area contributed by atoms with Crippen molar-refractivity contribution in [2.45, 2.75) is 31.3 Å². The maximum Gasteiger partial charge on any atom is 0.277 e. The van der Waals surface area contributed by atoms with Gasteiger partial charge < -0.3 is 5.11 Å². The number of aromatic amines is 1. The number of aromatic nitrogens is 4. The minimum atomic E-state index is -0.323. The highest BCUT2D eigenvalue weighted by Crippen LogP contribution is 2.25. The summed E-state index contributed by atoms with van der Waals surface area (Å²) in [4.78, 5) is 20.5. The molecule has 0 aliphatic rings. The maximum absolute atomic E-state index is 12.1. The number of nitrogens with zero attached hydrogens (tertiary/aromatic N) is 3. The highest BCUT2D eigenvalue weighted by Gasteiger charge is 2.20. The standard InChI is InChI=1S/C12H17N5O2S2/c1-12(2,3)9-13-7(6-21-9)8(19)14-10-15-11(17-16-10)20-5-4-18/h6,18H,4-5H2,1-3H3,(H2,14,15,16,17,19). The number of hydrogen-bond donors (Lipinski definition) is 3. The van der Waals surface area contributed by atoms with E-state index >= 15 is 0 Å². The molecule has 1 amide bonds. The van der Waals surface area contributed by atoms with Crippen molar-refractivity contribution in [1.82, 2.24) is 20.2 Å². The summed E-state index contributed by atoms with van der Waals surface area (Å²) in [7, 11) is 0. The van der Waals surface area contributed by atoms with E-state index in [1.165, 1.54) is 23.1 Å². The number of aliphatic hydroxyl groups excluding tert-OH is 1. The third-order valence-corrected chi connectivity index (χ3v) is 4.49. The summed E-state index contributed by atoms with van der Waals surface area (Å²) in [6.07, 6.45) is 0. The van der Waals surface area contributed by atoms with E-state index in [1.54, 1.807) is 5.38 Å². The van der Waals surface area contributed by atoms with E-state index in [1.807, 2.05) is 0 Å². The highest BCUT2D eigenvalue weighted by atomic mass is 32.2. The van der Waals surface area contributed by atoms with Crippen molar-refractivity contribution in [3.05, 3.63) is 16.1 Å². The summed E-state index contributed by atoms with van der Waals surface area (Å²) in [5.74, 6) is 0.453. The number of hydrogen-bond acceptors (Lipinski definition) is 7. The van der Waals surface area contributed by atoms with E-state index in [0.717, 1.165) is 5.01 Å². The molecule has 3 N–H and O–H groups in total. The van der Waals surface area contributed by atoms with Crippen LogP contribution in [0.2, 0.25) is 0 Å². The van der Waals surface area contributed by atoms with Gasteiger partial charge in [0.05, 0.1) is 11.6 Å².